The number of carbonyl (C=O) groups excluding carboxylic acids is 1. The maximum absolute atomic E-state index is 13.0. The van der Waals surface area contributed by atoms with Crippen molar-refractivity contribution in [2.75, 3.05) is 39.3 Å². The molecule has 2 aliphatic carbocycles. The predicted molar refractivity (Wildman–Crippen MR) is 117 cm³/mol. The van der Waals surface area contributed by atoms with Gasteiger partial charge >= 0.3 is 12.2 Å². The van der Waals surface area contributed by atoms with Crippen LogP contribution in [0, 0.1) is 17.8 Å². The molecule has 2 aromatic heterocycles. The van der Waals surface area contributed by atoms with E-state index in [1.165, 1.54) is 19.8 Å². The van der Waals surface area contributed by atoms with Gasteiger partial charge in [-0.25, -0.2) is 9.78 Å². The van der Waals surface area contributed by atoms with E-state index in [0.717, 1.165) is 63.8 Å². The molecule has 2 amide bonds. The van der Waals surface area contributed by atoms with E-state index in [0.29, 0.717) is 24.1 Å². The van der Waals surface area contributed by atoms with Gasteiger partial charge in [0.1, 0.15) is 5.82 Å². The Balaban J connectivity index is 0.853. The van der Waals surface area contributed by atoms with Crippen molar-refractivity contribution >= 4 is 6.03 Å². The first-order chi connectivity index (χ1) is 16.6. The number of nitrogens with zero attached hydrogens (tertiary/aromatic N) is 6. The van der Waals surface area contributed by atoms with Gasteiger partial charge in [-0.3, -0.25) is 15.1 Å². The highest BCUT2D eigenvalue weighted by molar-refractivity contribution is 5.77. The van der Waals surface area contributed by atoms with E-state index in [2.05, 4.69) is 30.3 Å². The highest BCUT2D eigenvalue weighted by Crippen LogP contribution is 2.56. The Morgan fingerprint density at radius 3 is 2.23 bits per heavy atom. The molecule has 9 nitrogen and oxygen atoms in total. The van der Waals surface area contributed by atoms with Gasteiger partial charge < -0.3 is 9.80 Å². The number of aromatic amines is 2. The van der Waals surface area contributed by atoms with Gasteiger partial charge in [0, 0.05) is 74.0 Å². The third-order valence-corrected chi connectivity index (χ3v) is 8.73. The molecule has 188 valence electrons. The number of alkyl halides is 3. The van der Waals surface area contributed by atoms with E-state index in [4.69, 9.17) is 0 Å². The zero-order valence-electron chi connectivity index (χ0n) is 19.7. The lowest BCUT2D eigenvalue weighted by Gasteiger charge is -2.63. The minimum Gasteiger partial charge on any atom is -0.323 e. The van der Waals surface area contributed by atoms with Crippen molar-refractivity contribution in [3.63, 3.8) is 0 Å². The Morgan fingerprint density at radius 2 is 1.63 bits per heavy atom. The maximum Gasteiger partial charge on any atom is 0.435 e. The van der Waals surface area contributed by atoms with Gasteiger partial charge in [-0.1, -0.05) is 0 Å². The highest BCUT2D eigenvalue weighted by Gasteiger charge is 2.58. The third kappa shape index (κ3) is 3.47. The maximum atomic E-state index is 13.0. The second-order valence-corrected chi connectivity index (χ2v) is 11.8. The molecule has 3 aliphatic heterocycles. The molecule has 0 bridgehead atoms. The van der Waals surface area contributed by atoms with Gasteiger partial charge in [0.2, 0.25) is 0 Å². The van der Waals surface area contributed by atoms with E-state index in [-0.39, 0.29) is 22.4 Å². The second-order valence-electron chi connectivity index (χ2n) is 11.8. The SMILES string of the molecule is Cc1c(C(F)(F)F)n[nH]c1CN1CC2(C1)CN(C(=O)N1CC3(CC(c4n[nH]c(C5CC5)n4)C3)C1)C2. The van der Waals surface area contributed by atoms with Crippen molar-refractivity contribution in [2.24, 2.45) is 10.8 Å². The molecular formula is C23H29F3N8O. The van der Waals surface area contributed by atoms with Crippen LogP contribution in [0.2, 0.25) is 0 Å². The zero-order valence-corrected chi connectivity index (χ0v) is 19.7. The van der Waals surface area contributed by atoms with Crippen LogP contribution >= 0.6 is 0 Å². The van der Waals surface area contributed by atoms with Gasteiger partial charge in [0.15, 0.2) is 11.5 Å². The number of hydrogen-bond donors (Lipinski definition) is 2. The number of aromatic nitrogens is 5. The molecule has 12 heteroatoms. The molecule has 5 heterocycles. The molecule has 5 fully saturated rings. The first kappa shape index (κ1) is 21.6. The molecule has 2 saturated carbocycles. The predicted octanol–water partition coefficient (Wildman–Crippen LogP) is 2.85. The normalized spacial score (nSPS) is 25.4. The molecule has 0 unspecified atom stereocenters. The molecule has 2 spiro atoms. The van der Waals surface area contributed by atoms with Crippen LogP contribution in [0.25, 0.3) is 0 Å². The van der Waals surface area contributed by atoms with Crippen molar-refractivity contribution in [2.45, 2.75) is 57.2 Å². The monoisotopic (exact) mass is 490 g/mol. The number of amides is 2. The smallest absolute Gasteiger partial charge is 0.323 e. The first-order valence-electron chi connectivity index (χ1n) is 12.4. The largest absolute Gasteiger partial charge is 0.435 e. The number of nitrogens with one attached hydrogen (secondary N) is 2. The summed E-state index contributed by atoms with van der Waals surface area (Å²) in [6, 6.07) is 0.122. The van der Waals surface area contributed by atoms with Crippen LogP contribution in [-0.2, 0) is 12.7 Å². The number of halogens is 3. The van der Waals surface area contributed by atoms with E-state index in [9.17, 15) is 18.0 Å². The third-order valence-electron chi connectivity index (χ3n) is 8.73. The van der Waals surface area contributed by atoms with Crippen LogP contribution < -0.4 is 0 Å². The van der Waals surface area contributed by atoms with Gasteiger partial charge in [-0.05, 0) is 32.6 Å². The average molecular weight is 491 g/mol. The Kier molecular flexibility index (Phi) is 4.32. The zero-order chi connectivity index (χ0) is 24.2. The van der Waals surface area contributed by atoms with Crippen molar-refractivity contribution in [1.82, 2.24) is 40.1 Å². The number of likely N-dealkylation sites (tertiary alicyclic amines) is 3. The Labute approximate surface area is 200 Å². The van der Waals surface area contributed by atoms with E-state index >= 15 is 0 Å². The Hall–Kier alpha value is -2.63. The van der Waals surface area contributed by atoms with Crippen LogP contribution in [0.5, 0.6) is 0 Å². The fraction of sp³-hybridized carbons (Fsp3) is 0.739. The molecule has 0 atom stereocenters. The summed E-state index contributed by atoms with van der Waals surface area (Å²) in [7, 11) is 0. The van der Waals surface area contributed by atoms with Crippen LogP contribution in [0.15, 0.2) is 0 Å². The molecule has 2 aromatic rings. The number of carbonyl (C=O) groups is 1. The van der Waals surface area contributed by atoms with Crippen molar-refractivity contribution in [3.8, 4) is 0 Å². The summed E-state index contributed by atoms with van der Waals surface area (Å²) in [4.78, 5) is 23.6. The average Bonchev–Trinajstić information content (AvgIpc) is 3.29. The van der Waals surface area contributed by atoms with Crippen LogP contribution in [0.1, 0.15) is 66.1 Å². The lowest BCUT2D eigenvalue weighted by atomic mass is 9.57. The summed E-state index contributed by atoms with van der Waals surface area (Å²) in [5.41, 5.74) is 0.175. The van der Waals surface area contributed by atoms with Gasteiger partial charge in [-0.2, -0.15) is 23.4 Å². The molecule has 2 N–H and O–H groups in total. The fourth-order valence-electron chi connectivity index (χ4n) is 6.74. The van der Waals surface area contributed by atoms with Crippen molar-refractivity contribution < 1.29 is 18.0 Å². The molecule has 0 aromatic carbocycles. The number of urea groups is 1. The number of hydrogen-bond acceptors (Lipinski definition) is 5. The molecule has 3 saturated heterocycles. The van der Waals surface area contributed by atoms with E-state index < -0.39 is 11.9 Å². The second kappa shape index (κ2) is 6.98. The summed E-state index contributed by atoms with van der Waals surface area (Å²) in [6.45, 7) is 6.56. The number of H-pyrrole nitrogens is 2. The first-order valence-corrected chi connectivity index (χ1v) is 12.4. The summed E-state index contributed by atoms with van der Waals surface area (Å²) in [5, 5.41) is 13.5. The molecule has 0 radical (unpaired) electrons. The quantitative estimate of drug-likeness (QED) is 0.687. The Morgan fingerprint density at radius 1 is 0.971 bits per heavy atom. The van der Waals surface area contributed by atoms with Crippen LogP contribution in [0.4, 0.5) is 18.0 Å². The fourth-order valence-corrected chi connectivity index (χ4v) is 6.74. The molecular weight excluding hydrogens is 461 g/mol. The summed E-state index contributed by atoms with van der Waals surface area (Å²) in [5.74, 6) is 2.98. The van der Waals surface area contributed by atoms with Crippen LogP contribution in [-0.4, -0.2) is 85.4 Å². The summed E-state index contributed by atoms with van der Waals surface area (Å²) < 4.78 is 38.9. The molecule has 5 aliphatic rings. The van der Waals surface area contributed by atoms with Crippen molar-refractivity contribution in [1.29, 1.82) is 0 Å². The Bertz CT molecular complexity index is 1160. The lowest BCUT2D eigenvalue weighted by Crippen LogP contribution is -2.75. The van der Waals surface area contributed by atoms with Gasteiger partial charge in [0.05, 0.1) is 5.69 Å². The standard InChI is InChI=1S/C23H29F3N8O/c1-13-16(28-29-17(13)23(24,25)26)6-32-7-22(8-32)11-34(12-22)20(35)33-9-21(10-33)4-15(5-21)19-27-18(30-31-19)14-2-3-14/h14-15H,2-12H2,1H3,(H,28,29)(H,27,30,31). The minimum absolute atomic E-state index is 0.0887. The summed E-state index contributed by atoms with van der Waals surface area (Å²) >= 11 is 0. The van der Waals surface area contributed by atoms with E-state index in [1.54, 1.807) is 0 Å². The molecule has 7 rings (SSSR count). The lowest BCUT2D eigenvalue weighted by molar-refractivity contribution is -0.141. The van der Waals surface area contributed by atoms with Crippen molar-refractivity contribution in [3.05, 3.63) is 28.6 Å². The minimum atomic E-state index is -4.44. The van der Waals surface area contributed by atoms with Gasteiger partial charge in [-0.15, -0.1) is 0 Å². The molecule has 35 heavy (non-hydrogen) atoms. The number of rotatable bonds is 4. The van der Waals surface area contributed by atoms with Gasteiger partial charge in [0.25, 0.3) is 0 Å². The topological polar surface area (TPSA) is 97.0 Å². The highest BCUT2D eigenvalue weighted by atomic mass is 19.4. The summed E-state index contributed by atoms with van der Waals surface area (Å²) in [6.07, 6.45) is 0.0994. The van der Waals surface area contributed by atoms with E-state index in [1.807, 2.05) is 9.80 Å². The van der Waals surface area contributed by atoms with Crippen LogP contribution in [0.3, 0.4) is 0 Å².